The smallest absolute Gasteiger partial charge is 0.0537 e. The second-order valence-corrected chi connectivity index (χ2v) is 5.99. The maximum absolute atomic E-state index is 3.60. The Morgan fingerprint density at radius 2 is 1.24 bits per heavy atom. The minimum absolute atomic E-state index is 1.09. The fourth-order valence-corrected chi connectivity index (χ4v) is 2.98. The van der Waals surface area contributed by atoms with Crippen molar-refractivity contribution in [2.45, 2.75) is 0 Å². The topological polar surface area (TPSA) is 12.0 Å². The third-order valence-corrected chi connectivity index (χ3v) is 4.26. The lowest BCUT2D eigenvalue weighted by molar-refractivity contribution is 1.56. The zero-order valence-corrected chi connectivity index (χ0v) is 13.9. The van der Waals surface area contributed by atoms with Crippen LogP contribution in [-0.4, -0.2) is 0 Å². The van der Waals surface area contributed by atoms with Gasteiger partial charge in [-0.25, -0.2) is 0 Å². The van der Waals surface area contributed by atoms with Gasteiger partial charge in [0.1, 0.15) is 0 Å². The van der Waals surface area contributed by atoms with Gasteiger partial charge in [-0.1, -0.05) is 97.1 Å². The van der Waals surface area contributed by atoms with E-state index in [1.54, 1.807) is 0 Å². The fraction of sp³-hybridized carbons (Fsp3) is 0. The molecule has 0 aliphatic carbocycles. The summed E-state index contributed by atoms with van der Waals surface area (Å²) in [5, 5.41) is 6.06. The normalized spacial score (nSPS) is 11.0. The second-order valence-electron chi connectivity index (χ2n) is 5.99. The summed E-state index contributed by atoms with van der Waals surface area (Å²) < 4.78 is 0. The molecule has 0 aromatic heterocycles. The van der Waals surface area contributed by atoms with E-state index in [0.29, 0.717) is 0 Å². The van der Waals surface area contributed by atoms with E-state index in [-0.39, 0.29) is 0 Å². The Bertz CT molecular complexity index is 1000. The molecule has 0 aliphatic rings. The predicted molar refractivity (Wildman–Crippen MR) is 109 cm³/mol. The van der Waals surface area contributed by atoms with Crippen molar-refractivity contribution in [3.63, 3.8) is 0 Å². The largest absolute Gasteiger partial charge is 0.355 e. The molecule has 0 saturated heterocycles. The van der Waals surface area contributed by atoms with Crippen LogP contribution in [0.2, 0.25) is 0 Å². The Balaban J connectivity index is 1.80. The molecule has 0 amide bonds. The van der Waals surface area contributed by atoms with E-state index < -0.39 is 0 Å². The molecule has 0 heterocycles. The monoisotopic (exact) mass is 321 g/mol. The van der Waals surface area contributed by atoms with E-state index in [2.05, 4.69) is 90.3 Å². The van der Waals surface area contributed by atoms with Crippen LogP contribution < -0.4 is 5.32 Å². The molecule has 0 bridgehead atoms. The van der Waals surface area contributed by atoms with E-state index >= 15 is 0 Å². The Hall–Kier alpha value is -3.32. The summed E-state index contributed by atoms with van der Waals surface area (Å²) in [5.41, 5.74) is 4.59. The standard InChI is InChI=1S/C24H19N/c1-3-9-19(10-4-1)15-16-21-18-17-20-11-7-8-14-23(20)24(21)25-22-12-5-2-6-13-22/h1-18,25H/b16-15+. The van der Waals surface area contributed by atoms with Crippen molar-refractivity contribution in [1.29, 1.82) is 0 Å². The van der Waals surface area contributed by atoms with E-state index in [4.69, 9.17) is 0 Å². The van der Waals surface area contributed by atoms with Crippen LogP contribution in [0.15, 0.2) is 97.1 Å². The highest BCUT2D eigenvalue weighted by molar-refractivity contribution is 6.00. The lowest BCUT2D eigenvalue weighted by atomic mass is 10.0. The molecule has 25 heavy (non-hydrogen) atoms. The van der Waals surface area contributed by atoms with Crippen LogP contribution in [0.4, 0.5) is 11.4 Å². The van der Waals surface area contributed by atoms with E-state index in [0.717, 1.165) is 11.4 Å². The van der Waals surface area contributed by atoms with Gasteiger partial charge in [-0.3, -0.25) is 0 Å². The number of hydrogen-bond acceptors (Lipinski definition) is 1. The highest BCUT2D eigenvalue weighted by Gasteiger charge is 2.06. The molecule has 0 saturated carbocycles. The average Bonchev–Trinajstić information content (AvgIpc) is 2.69. The lowest BCUT2D eigenvalue weighted by Gasteiger charge is -2.13. The van der Waals surface area contributed by atoms with Crippen molar-refractivity contribution in [2.75, 3.05) is 5.32 Å². The third kappa shape index (κ3) is 3.46. The third-order valence-electron chi connectivity index (χ3n) is 4.26. The van der Waals surface area contributed by atoms with Crippen LogP contribution in [0.3, 0.4) is 0 Å². The second kappa shape index (κ2) is 7.06. The summed E-state index contributed by atoms with van der Waals surface area (Å²) in [5.74, 6) is 0. The van der Waals surface area contributed by atoms with Crippen LogP contribution >= 0.6 is 0 Å². The summed E-state index contributed by atoms with van der Waals surface area (Å²) in [7, 11) is 0. The molecule has 0 aliphatic heterocycles. The fourth-order valence-electron chi connectivity index (χ4n) is 2.98. The number of fused-ring (bicyclic) bond motifs is 1. The van der Waals surface area contributed by atoms with Crippen LogP contribution in [0.25, 0.3) is 22.9 Å². The molecule has 1 N–H and O–H groups in total. The maximum Gasteiger partial charge on any atom is 0.0537 e. The van der Waals surface area contributed by atoms with Crippen LogP contribution in [0.1, 0.15) is 11.1 Å². The Morgan fingerprint density at radius 3 is 2.04 bits per heavy atom. The zero-order chi connectivity index (χ0) is 16.9. The molecule has 0 radical (unpaired) electrons. The Morgan fingerprint density at radius 1 is 0.560 bits per heavy atom. The summed E-state index contributed by atoms with van der Waals surface area (Å²) in [6.45, 7) is 0. The summed E-state index contributed by atoms with van der Waals surface area (Å²) in [4.78, 5) is 0. The first-order chi connectivity index (χ1) is 12.4. The number of nitrogens with one attached hydrogen (secondary N) is 1. The van der Waals surface area contributed by atoms with Crippen molar-refractivity contribution in [1.82, 2.24) is 0 Å². The molecule has 1 heteroatoms. The molecule has 4 aromatic carbocycles. The zero-order valence-electron chi connectivity index (χ0n) is 13.9. The Labute approximate surface area is 148 Å². The molecule has 0 spiro atoms. The minimum atomic E-state index is 1.09. The van der Waals surface area contributed by atoms with Gasteiger partial charge in [0.05, 0.1) is 5.69 Å². The van der Waals surface area contributed by atoms with Crippen molar-refractivity contribution in [3.8, 4) is 0 Å². The maximum atomic E-state index is 3.60. The van der Waals surface area contributed by atoms with Crippen LogP contribution in [-0.2, 0) is 0 Å². The van der Waals surface area contributed by atoms with Gasteiger partial charge in [0, 0.05) is 11.1 Å². The predicted octanol–water partition coefficient (Wildman–Crippen LogP) is 6.75. The quantitative estimate of drug-likeness (QED) is 0.410. The highest BCUT2D eigenvalue weighted by Crippen LogP contribution is 2.31. The summed E-state index contributed by atoms with van der Waals surface area (Å²) >= 11 is 0. The van der Waals surface area contributed by atoms with E-state index in [9.17, 15) is 0 Å². The van der Waals surface area contributed by atoms with Gasteiger partial charge < -0.3 is 5.32 Å². The molecular weight excluding hydrogens is 302 g/mol. The Kier molecular flexibility index (Phi) is 4.30. The summed E-state index contributed by atoms with van der Waals surface area (Å²) in [6, 6.07) is 33.5. The molecule has 4 aromatic rings. The van der Waals surface area contributed by atoms with Crippen molar-refractivity contribution < 1.29 is 0 Å². The van der Waals surface area contributed by atoms with Gasteiger partial charge in [-0.15, -0.1) is 0 Å². The SMILES string of the molecule is C(=C\c1ccc2ccccc2c1Nc1ccccc1)/c1ccccc1. The van der Waals surface area contributed by atoms with Crippen molar-refractivity contribution >= 4 is 34.3 Å². The first kappa shape index (κ1) is 15.2. The van der Waals surface area contributed by atoms with Gasteiger partial charge in [-0.2, -0.15) is 0 Å². The number of hydrogen-bond donors (Lipinski definition) is 1. The van der Waals surface area contributed by atoms with E-state index in [1.165, 1.54) is 21.9 Å². The van der Waals surface area contributed by atoms with Crippen LogP contribution in [0.5, 0.6) is 0 Å². The first-order valence-corrected chi connectivity index (χ1v) is 8.47. The lowest BCUT2D eigenvalue weighted by Crippen LogP contribution is -1.94. The van der Waals surface area contributed by atoms with Gasteiger partial charge in [-0.05, 0) is 28.6 Å². The number of rotatable bonds is 4. The summed E-state index contributed by atoms with van der Waals surface area (Å²) in [6.07, 6.45) is 4.33. The van der Waals surface area contributed by atoms with Crippen molar-refractivity contribution in [3.05, 3.63) is 108 Å². The minimum Gasteiger partial charge on any atom is -0.355 e. The average molecular weight is 321 g/mol. The van der Waals surface area contributed by atoms with Gasteiger partial charge in [0.25, 0.3) is 0 Å². The first-order valence-electron chi connectivity index (χ1n) is 8.47. The van der Waals surface area contributed by atoms with Gasteiger partial charge in [0.15, 0.2) is 0 Å². The van der Waals surface area contributed by atoms with Gasteiger partial charge >= 0.3 is 0 Å². The number of benzene rings is 4. The van der Waals surface area contributed by atoms with Crippen molar-refractivity contribution in [2.24, 2.45) is 0 Å². The molecule has 1 nitrogen and oxygen atoms in total. The van der Waals surface area contributed by atoms with E-state index in [1.807, 2.05) is 24.3 Å². The molecule has 4 rings (SSSR count). The van der Waals surface area contributed by atoms with Gasteiger partial charge in [0.2, 0.25) is 0 Å². The number of para-hydroxylation sites is 1. The highest BCUT2D eigenvalue weighted by atomic mass is 14.9. The molecule has 0 fully saturated rings. The molecule has 120 valence electrons. The molecule has 0 atom stereocenters. The number of anilines is 2. The molecular formula is C24H19N. The van der Waals surface area contributed by atoms with Crippen LogP contribution in [0, 0.1) is 0 Å². The molecule has 0 unspecified atom stereocenters.